The molecule has 1 heterocycles. The van der Waals surface area contributed by atoms with Crippen LogP contribution in [-0.2, 0) is 0 Å². The average molecular weight is 339 g/mol. The van der Waals surface area contributed by atoms with Crippen LogP contribution in [0.3, 0.4) is 0 Å². The van der Waals surface area contributed by atoms with Crippen molar-refractivity contribution in [2.45, 2.75) is 35.7 Å². The number of rotatable bonds is 2. The van der Waals surface area contributed by atoms with Gasteiger partial charge in [0, 0.05) is 10.8 Å². The Balaban J connectivity index is 1.80. The lowest BCUT2D eigenvalue weighted by Gasteiger charge is -2.47. The van der Waals surface area contributed by atoms with Crippen molar-refractivity contribution in [2.24, 2.45) is 5.92 Å². The Bertz CT molecular complexity index is 692. The molecule has 2 aromatic carbocycles. The van der Waals surface area contributed by atoms with E-state index in [0.29, 0.717) is 11.8 Å². The number of benzene rings is 2. The quantitative estimate of drug-likeness (QED) is 0.620. The number of hydrogen-bond donors (Lipinski definition) is 1. The van der Waals surface area contributed by atoms with Crippen LogP contribution in [-0.4, -0.2) is 4.08 Å². The van der Waals surface area contributed by atoms with E-state index in [4.69, 9.17) is 12.6 Å². The molecule has 1 aliphatic heterocycles. The van der Waals surface area contributed by atoms with E-state index < -0.39 is 0 Å². The Labute approximate surface area is 148 Å². The summed E-state index contributed by atoms with van der Waals surface area (Å²) in [7, 11) is 0. The van der Waals surface area contributed by atoms with Crippen molar-refractivity contribution < 1.29 is 0 Å². The highest BCUT2D eigenvalue weighted by atomic mass is 32.2. The minimum Gasteiger partial charge on any atom is -0.161 e. The van der Waals surface area contributed by atoms with E-state index in [1.807, 2.05) is 11.8 Å². The lowest BCUT2D eigenvalue weighted by molar-refractivity contribution is 0.322. The summed E-state index contributed by atoms with van der Waals surface area (Å²) >= 11 is 7.21. The van der Waals surface area contributed by atoms with Crippen molar-refractivity contribution in [2.75, 3.05) is 0 Å². The monoisotopic (exact) mass is 338 g/mol. The van der Waals surface area contributed by atoms with Crippen molar-refractivity contribution in [1.82, 2.24) is 0 Å². The summed E-state index contributed by atoms with van der Waals surface area (Å²) in [5.41, 5.74) is 2.77. The van der Waals surface area contributed by atoms with Gasteiger partial charge in [0.25, 0.3) is 0 Å². The number of fused-ring (bicyclic) bond motifs is 1. The Kier molecular flexibility index (Phi) is 4.29. The fourth-order valence-electron chi connectivity index (χ4n) is 4.01. The highest BCUT2D eigenvalue weighted by Gasteiger charge is 2.45. The van der Waals surface area contributed by atoms with Gasteiger partial charge in [-0.1, -0.05) is 79.6 Å². The standard InChI is InChI=1S/C21H22S2/c22-21-14-8-7-13-19(21)18(16-9-3-1-4-10-16)15-20(23-21)17-11-5-2-6-12-17/h1-6,9-12,15,18-19,22H,7-8,13-14H2/t18-,19+,21+/m0/s1. The zero-order valence-corrected chi connectivity index (χ0v) is 14.9. The molecule has 118 valence electrons. The van der Waals surface area contributed by atoms with E-state index in [0.717, 1.165) is 0 Å². The second-order valence-corrected chi connectivity index (χ2v) is 9.11. The fraction of sp³-hybridized carbons (Fsp3) is 0.333. The molecule has 0 aromatic heterocycles. The number of allylic oxidation sites excluding steroid dienone is 1. The average Bonchev–Trinajstić information content (AvgIpc) is 2.61. The van der Waals surface area contributed by atoms with Gasteiger partial charge >= 0.3 is 0 Å². The van der Waals surface area contributed by atoms with E-state index in [2.05, 4.69) is 66.7 Å². The van der Waals surface area contributed by atoms with Gasteiger partial charge in [0.15, 0.2) is 0 Å². The first-order chi connectivity index (χ1) is 11.3. The Morgan fingerprint density at radius 1 is 0.913 bits per heavy atom. The molecule has 3 atom stereocenters. The molecular weight excluding hydrogens is 316 g/mol. The summed E-state index contributed by atoms with van der Waals surface area (Å²) in [5.74, 6) is 1.10. The zero-order chi connectivity index (χ0) is 15.7. The van der Waals surface area contributed by atoms with Gasteiger partial charge < -0.3 is 0 Å². The van der Waals surface area contributed by atoms with Crippen LogP contribution in [0.2, 0.25) is 0 Å². The molecule has 0 N–H and O–H groups in total. The maximum absolute atomic E-state index is 5.22. The van der Waals surface area contributed by atoms with Crippen molar-refractivity contribution in [3.8, 4) is 0 Å². The van der Waals surface area contributed by atoms with Crippen LogP contribution >= 0.6 is 24.4 Å². The van der Waals surface area contributed by atoms with Crippen LogP contribution in [0.1, 0.15) is 42.7 Å². The van der Waals surface area contributed by atoms with E-state index in [1.165, 1.54) is 41.7 Å². The summed E-state index contributed by atoms with van der Waals surface area (Å²) in [6.07, 6.45) is 7.63. The van der Waals surface area contributed by atoms with Crippen molar-refractivity contribution >= 4 is 29.3 Å². The molecule has 1 aliphatic carbocycles. The van der Waals surface area contributed by atoms with Crippen LogP contribution in [0.25, 0.3) is 4.91 Å². The highest BCUT2D eigenvalue weighted by molar-refractivity contribution is 8.18. The predicted molar refractivity (Wildman–Crippen MR) is 105 cm³/mol. The van der Waals surface area contributed by atoms with Gasteiger partial charge in [-0.25, -0.2) is 0 Å². The first kappa shape index (κ1) is 15.4. The van der Waals surface area contributed by atoms with Crippen LogP contribution in [0, 0.1) is 5.92 Å². The summed E-state index contributed by atoms with van der Waals surface area (Å²) in [5, 5.41) is 0. The third-order valence-electron chi connectivity index (χ3n) is 5.17. The lowest BCUT2D eigenvalue weighted by atomic mass is 9.75. The van der Waals surface area contributed by atoms with Gasteiger partial charge in [-0.05, 0) is 29.9 Å². The third-order valence-corrected chi connectivity index (χ3v) is 7.45. The van der Waals surface area contributed by atoms with E-state index in [1.54, 1.807) is 0 Å². The fourth-order valence-corrected chi connectivity index (χ4v) is 6.26. The van der Waals surface area contributed by atoms with Crippen molar-refractivity contribution in [1.29, 1.82) is 0 Å². The van der Waals surface area contributed by atoms with Crippen LogP contribution in [0.5, 0.6) is 0 Å². The first-order valence-corrected chi connectivity index (χ1v) is 9.76. The van der Waals surface area contributed by atoms with Gasteiger partial charge in [-0.15, -0.1) is 11.8 Å². The Hall–Kier alpha value is -1.12. The lowest BCUT2D eigenvalue weighted by Crippen LogP contribution is -2.38. The number of thiol groups is 1. The molecule has 1 fully saturated rings. The van der Waals surface area contributed by atoms with E-state index in [9.17, 15) is 0 Å². The highest BCUT2D eigenvalue weighted by Crippen LogP contribution is 2.60. The first-order valence-electron chi connectivity index (χ1n) is 8.50. The molecule has 0 bridgehead atoms. The van der Waals surface area contributed by atoms with E-state index >= 15 is 0 Å². The van der Waals surface area contributed by atoms with Crippen LogP contribution in [0.15, 0.2) is 66.7 Å². The minimum absolute atomic E-state index is 0.0681. The molecule has 0 amide bonds. The third kappa shape index (κ3) is 2.99. The molecule has 23 heavy (non-hydrogen) atoms. The maximum Gasteiger partial charge on any atom is 0.0665 e. The summed E-state index contributed by atoms with van der Waals surface area (Å²) in [4.78, 5) is 1.40. The van der Waals surface area contributed by atoms with Crippen molar-refractivity contribution in [3.63, 3.8) is 0 Å². The van der Waals surface area contributed by atoms with Gasteiger partial charge in [0.1, 0.15) is 0 Å². The molecule has 0 nitrogen and oxygen atoms in total. The van der Waals surface area contributed by atoms with Gasteiger partial charge in [-0.3, -0.25) is 0 Å². The maximum atomic E-state index is 5.22. The second kappa shape index (κ2) is 6.41. The van der Waals surface area contributed by atoms with Gasteiger partial charge in [0.2, 0.25) is 0 Å². The molecular formula is C21H22S2. The zero-order valence-electron chi connectivity index (χ0n) is 13.2. The summed E-state index contributed by atoms with van der Waals surface area (Å²) < 4.78 is 0.0681. The summed E-state index contributed by atoms with van der Waals surface area (Å²) in [6.45, 7) is 0. The Morgan fingerprint density at radius 3 is 2.35 bits per heavy atom. The van der Waals surface area contributed by atoms with Gasteiger partial charge in [0.05, 0.1) is 4.08 Å². The molecule has 4 rings (SSSR count). The second-order valence-electron chi connectivity index (χ2n) is 6.63. The van der Waals surface area contributed by atoms with E-state index in [-0.39, 0.29) is 4.08 Å². The van der Waals surface area contributed by atoms with Crippen LogP contribution < -0.4 is 0 Å². The molecule has 2 aliphatic rings. The van der Waals surface area contributed by atoms with Crippen LogP contribution in [0.4, 0.5) is 0 Å². The molecule has 1 saturated carbocycles. The summed E-state index contributed by atoms with van der Waals surface area (Å²) in [6, 6.07) is 21.8. The normalized spacial score (nSPS) is 30.4. The topological polar surface area (TPSA) is 0 Å². The SMILES string of the molecule is S[C@@]12CCCC[C@@H]1[C@H](c1ccccc1)C=C(c1ccccc1)S2. The molecule has 0 spiro atoms. The predicted octanol–water partition coefficient (Wildman–Crippen LogP) is 6.37. The molecule has 2 heteroatoms. The molecule has 0 saturated heterocycles. The molecule has 0 radical (unpaired) electrons. The van der Waals surface area contributed by atoms with Crippen molar-refractivity contribution in [3.05, 3.63) is 77.9 Å². The molecule has 2 aromatic rings. The van der Waals surface area contributed by atoms with Gasteiger partial charge in [-0.2, -0.15) is 12.6 Å². The largest absolute Gasteiger partial charge is 0.161 e. The molecule has 0 unspecified atom stereocenters. The number of thioether (sulfide) groups is 1. The smallest absolute Gasteiger partial charge is 0.0665 e. The number of hydrogen-bond acceptors (Lipinski definition) is 2. The Morgan fingerprint density at radius 2 is 1.61 bits per heavy atom. The minimum atomic E-state index is 0.0681.